The normalized spacial score (nSPS) is 10.5. The van der Waals surface area contributed by atoms with E-state index < -0.39 is 11.7 Å². The molecule has 5 nitrogen and oxygen atoms in total. The summed E-state index contributed by atoms with van der Waals surface area (Å²) in [6.07, 6.45) is 6.59. The lowest BCUT2D eigenvalue weighted by molar-refractivity contribution is -0.112. The first-order valence-electron chi connectivity index (χ1n) is 8.20. The van der Waals surface area contributed by atoms with Crippen molar-refractivity contribution < 1.29 is 18.7 Å². The molecule has 0 aliphatic heterocycles. The van der Waals surface area contributed by atoms with Crippen molar-refractivity contribution in [1.82, 2.24) is 0 Å². The number of terminal acetylenes is 1. The van der Waals surface area contributed by atoms with Crippen molar-refractivity contribution in [2.45, 2.75) is 6.92 Å². The van der Waals surface area contributed by atoms with Crippen molar-refractivity contribution in [2.75, 3.05) is 18.5 Å². The van der Waals surface area contributed by atoms with Gasteiger partial charge >= 0.3 is 0 Å². The van der Waals surface area contributed by atoms with Gasteiger partial charge in [0, 0.05) is 0 Å². The van der Waals surface area contributed by atoms with Crippen LogP contribution in [-0.2, 0) is 4.79 Å². The largest absolute Gasteiger partial charge is 0.490 e. The van der Waals surface area contributed by atoms with E-state index >= 15 is 0 Å². The zero-order valence-electron chi connectivity index (χ0n) is 15.0. The van der Waals surface area contributed by atoms with Gasteiger partial charge < -0.3 is 14.8 Å². The molecule has 0 aromatic heterocycles. The standard InChI is InChI=1S/C21H16BrFN2O3/c1-3-9-28-20-16(22)11-14(12-19(20)27-4-2)10-15(13-24)21(26)25-18-8-6-5-7-17(18)23/h1,5-8,10-12H,4,9H2,2H3,(H,25,26)/b15-10-. The molecule has 0 bridgehead atoms. The molecule has 0 heterocycles. The Balaban J connectivity index is 2.35. The number of halogens is 2. The Bertz CT molecular complexity index is 990. The number of anilines is 1. The molecule has 1 amide bonds. The highest BCUT2D eigenvalue weighted by molar-refractivity contribution is 9.10. The molecule has 1 N–H and O–H groups in total. The zero-order chi connectivity index (χ0) is 20.5. The van der Waals surface area contributed by atoms with Crippen LogP contribution in [0, 0.1) is 29.5 Å². The third kappa shape index (κ3) is 5.35. The quantitative estimate of drug-likeness (QED) is 0.388. The summed E-state index contributed by atoms with van der Waals surface area (Å²) >= 11 is 3.37. The molecule has 2 aromatic rings. The van der Waals surface area contributed by atoms with Crippen LogP contribution in [0.2, 0.25) is 0 Å². The Labute approximate surface area is 170 Å². The van der Waals surface area contributed by atoms with Crippen LogP contribution in [-0.4, -0.2) is 19.1 Å². The second-order valence-corrected chi connectivity index (χ2v) is 6.21. The minimum Gasteiger partial charge on any atom is -0.490 e. The Morgan fingerprint density at radius 3 is 2.75 bits per heavy atom. The number of nitrogens with one attached hydrogen (secondary N) is 1. The summed E-state index contributed by atoms with van der Waals surface area (Å²) in [7, 11) is 0. The topological polar surface area (TPSA) is 71.3 Å². The lowest BCUT2D eigenvalue weighted by Gasteiger charge is -2.13. The van der Waals surface area contributed by atoms with Crippen LogP contribution in [0.25, 0.3) is 6.08 Å². The predicted octanol–water partition coefficient (Wildman–Crippen LogP) is 4.54. The van der Waals surface area contributed by atoms with Crippen LogP contribution in [0.1, 0.15) is 12.5 Å². The highest BCUT2D eigenvalue weighted by atomic mass is 79.9. The maximum atomic E-state index is 13.7. The Kier molecular flexibility index (Phi) is 7.62. The number of ether oxygens (including phenoxy) is 2. The monoisotopic (exact) mass is 442 g/mol. The summed E-state index contributed by atoms with van der Waals surface area (Å²) < 4.78 is 25.3. The molecule has 0 spiro atoms. The molecule has 7 heteroatoms. The van der Waals surface area contributed by atoms with E-state index in [4.69, 9.17) is 15.9 Å². The average molecular weight is 443 g/mol. The molecule has 28 heavy (non-hydrogen) atoms. The number of rotatable bonds is 7. The second kappa shape index (κ2) is 10.1. The molecule has 0 radical (unpaired) electrons. The van der Waals surface area contributed by atoms with Gasteiger partial charge in [-0.05, 0) is 58.8 Å². The third-order valence-electron chi connectivity index (χ3n) is 3.43. The lowest BCUT2D eigenvalue weighted by Crippen LogP contribution is -2.14. The lowest BCUT2D eigenvalue weighted by atomic mass is 10.1. The highest BCUT2D eigenvalue weighted by Gasteiger charge is 2.15. The number of amides is 1. The van der Waals surface area contributed by atoms with Crippen LogP contribution in [0.3, 0.4) is 0 Å². The van der Waals surface area contributed by atoms with Crippen LogP contribution in [0.15, 0.2) is 46.4 Å². The van der Waals surface area contributed by atoms with Crippen molar-refractivity contribution >= 4 is 33.6 Å². The first kappa shape index (κ1) is 21.0. The second-order valence-electron chi connectivity index (χ2n) is 5.36. The molecule has 2 rings (SSSR count). The molecule has 0 saturated carbocycles. The van der Waals surface area contributed by atoms with Gasteiger partial charge in [0.05, 0.1) is 16.8 Å². The van der Waals surface area contributed by atoms with Crippen molar-refractivity contribution in [3.63, 3.8) is 0 Å². The summed E-state index contributed by atoms with van der Waals surface area (Å²) in [4.78, 5) is 12.3. The first-order valence-corrected chi connectivity index (χ1v) is 8.99. The SMILES string of the molecule is C#CCOc1c(Br)cc(/C=C(/C#N)C(=O)Nc2ccccc2F)cc1OCC. The fraction of sp³-hybridized carbons (Fsp3) is 0.143. The van der Waals surface area contributed by atoms with E-state index in [9.17, 15) is 14.4 Å². The van der Waals surface area contributed by atoms with Crippen LogP contribution in [0.5, 0.6) is 11.5 Å². The number of carbonyl (C=O) groups excluding carboxylic acids is 1. The average Bonchev–Trinajstić information content (AvgIpc) is 2.67. The van der Waals surface area contributed by atoms with Gasteiger partial charge in [-0.3, -0.25) is 4.79 Å². The van der Waals surface area contributed by atoms with Crippen molar-refractivity contribution in [3.8, 4) is 29.9 Å². The van der Waals surface area contributed by atoms with Crippen LogP contribution >= 0.6 is 15.9 Å². The maximum absolute atomic E-state index is 13.7. The predicted molar refractivity (Wildman–Crippen MR) is 108 cm³/mol. The molecule has 0 aliphatic carbocycles. The number of nitriles is 1. The van der Waals surface area contributed by atoms with E-state index in [2.05, 4.69) is 27.2 Å². The summed E-state index contributed by atoms with van der Waals surface area (Å²) in [6.45, 7) is 2.25. The maximum Gasteiger partial charge on any atom is 0.266 e. The molecule has 142 valence electrons. The molecule has 0 saturated heterocycles. The molecule has 2 aromatic carbocycles. The van der Waals surface area contributed by atoms with E-state index in [1.165, 1.54) is 24.3 Å². The Hall–Kier alpha value is -3.29. The van der Waals surface area contributed by atoms with Crippen LogP contribution < -0.4 is 14.8 Å². The number of carbonyl (C=O) groups is 1. The van der Waals surface area contributed by atoms with Crippen molar-refractivity contribution in [3.05, 3.63) is 57.8 Å². The number of para-hydroxylation sites is 1. The fourth-order valence-electron chi connectivity index (χ4n) is 2.26. The number of nitrogens with zero attached hydrogens (tertiary/aromatic N) is 1. The minimum atomic E-state index is -0.727. The molecule has 0 unspecified atom stereocenters. The van der Waals surface area contributed by atoms with E-state index in [0.29, 0.717) is 28.1 Å². The van der Waals surface area contributed by atoms with E-state index in [0.717, 1.165) is 0 Å². The summed E-state index contributed by atoms with van der Waals surface area (Å²) in [6, 6.07) is 10.8. The van der Waals surface area contributed by atoms with E-state index in [1.54, 1.807) is 18.2 Å². The van der Waals surface area contributed by atoms with Crippen molar-refractivity contribution in [1.29, 1.82) is 5.26 Å². The van der Waals surface area contributed by atoms with Gasteiger partial charge in [0.15, 0.2) is 11.5 Å². The van der Waals surface area contributed by atoms with E-state index in [1.807, 2.05) is 13.0 Å². The van der Waals surface area contributed by atoms with Crippen molar-refractivity contribution in [2.24, 2.45) is 0 Å². The van der Waals surface area contributed by atoms with Gasteiger partial charge in [-0.25, -0.2) is 4.39 Å². The molecule has 0 aliphatic rings. The Morgan fingerprint density at radius 2 is 2.11 bits per heavy atom. The number of benzene rings is 2. The highest BCUT2D eigenvalue weighted by Crippen LogP contribution is 2.37. The smallest absolute Gasteiger partial charge is 0.266 e. The van der Waals surface area contributed by atoms with Gasteiger partial charge in [0.2, 0.25) is 0 Å². The number of hydrogen-bond acceptors (Lipinski definition) is 4. The van der Waals surface area contributed by atoms with Crippen LogP contribution in [0.4, 0.5) is 10.1 Å². The minimum absolute atomic E-state index is 0.0112. The molecule has 0 atom stereocenters. The zero-order valence-corrected chi connectivity index (χ0v) is 16.5. The fourth-order valence-corrected chi connectivity index (χ4v) is 2.83. The van der Waals surface area contributed by atoms with Gasteiger partial charge in [-0.15, -0.1) is 6.42 Å². The number of hydrogen-bond donors (Lipinski definition) is 1. The summed E-state index contributed by atoms with van der Waals surface area (Å²) in [5, 5.41) is 11.7. The summed E-state index contributed by atoms with van der Waals surface area (Å²) in [5.74, 6) is 1.88. The summed E-state index contributed by atoms with van der Waals surface area (Å²) in [5.41, 5.74) is 0.307. The van der Waals surface area contributed by atoms with Gasteiger partial charge in [-0.1, -0.05) is 18.1 Å². The molecular weight excluding hydrogens is 427 g/mol. The first-order chi connectivity index (χ1) is 13.5. The molecular formula is C21H16BrFN2O3. The van der Waals surface area contributed by atoms with E-state index in [-0.39, 0.29) is 17.9 Å². The third-order valence-corrected chi connectivity index (χ3v) is 4.02. The van der Waals surface area contributed by atoms with Gasteiger partial charge in [0.1, 0.15) is 24.1 Å². The van der Waals surface area contributed by atoms with Gasteiger partial charge in [0.25, 0.3) is 5.91 Å². The van der Waals surface area contributed by atoms with Gasteiger partial charge in [-0.2, -0.15) is 5.26 Å². The Morgan fingerprint density at radius 1 is 1.36 bits per heavy atom. The molecule has 0 fully saturated rings.